The minimum atomic E-state index is -0.200. The van der Waals surface area contributed by atoms with Gasteiger partial charge >= 0.3 is 0 Å². The van der Waals surface area contributed by atoms with Gasteiger partial charge < -0.3 is 15.2 Å². The molecule has 2 aromatic carbocycles. The van der Waals surface area contributed by atoms with E-state index in [9.17, 15) is 14.7 Å². The smallest absolute Gasteiger partial charge is 0.238 e. The zero-order chi connectivity index (χ0) is 18.0. The van der Waals surface area contributed by atoms with Crippen LogP contribution in [-0.2, 0) is 9.59 Å². The quantitative estimate of drug-likeness (QED) is 0.878. The first-order chi connectivity index (χ1) is 12.0. The maximum atomic E-state index is 12.4. The summed E-state index contributed by atoms with van der Waals surface area (Å²) in [4.78, 5) is 25.2. The zero-order valence-electron chi connectivity index (χ0n) is 13.9. The Kier molecular flexibility index (Phi) is 4.85. The third kappa shape index (κ3) is 3.56. The van der Waals surface area contributed by atoms with Crippen molar-refractivity contribution in [1.82, 2.24) is 0 Å². The van der Waals surface area contributed by atoms with Crippen molar-refractivity contribution in [3.8, 4) is 11.5 Å². The van der Waals surface area contributed by atoms with Crippen molar-refractivity contribution in [3.05, 3.63) is 48.0 Å². The maximum Gasteiger partial charge on any atom is 0.238 e. The zero-order valence-corrected chi connectivity index (χ0v) is 14.7. The lowest BCUT2D eigenvalue weighted by Crippen LogP contribution is -2.27. The van der Waals surface area contributed by atoms with E-state index in [2.05, 4.69) is 5.32 Å². The molecule has 0 radical (unpaired) electrons. The van der Waals surface area contributed by atoms with E-state index < -0.39 is 0 Å². The van der Waals surface area contributed by atoms with Crippen molar-refractivity contribution in [2.75, 3.05) is 23.1 Å². The Bertz CT molecular complexity index is 807. The Morgan fingerprint density at radius 2 is 2.00 bits per heavy atom. The van der Waals surface area contributed by atoms with E-state index in [1.54, 1.807) is 47.4 Å². The number of ether oxygens (including phenoxy) is 1. The summed E-state index contributed by atoms with van der Waals surface area (Å²) in [6.07, 6.45) is 0. The first kappa shape index (κ1) is 17.2. The van der Waals surface area contributed by atoms with Gasteiger partial charge in [-0.25, -0.2) is 0 Å². The fourth-order valence-corrected chi connectivity index (χ4v) is 3.87. The van der Waals surface area contributed by atoms with Crippen LogP contribution in [-0.4, -0.2) is 29.8 Å². The SMILES string of the molecule is COc1cc(C2SCC(=O)N2c2ccc(NC(C)=O)cc2)ccc1O. The second-order valence-electron chi connectivity index (χ2n) is 5.59. The number of rotatable bonds is 4. The van der Waals surface area contributed by atoms with E-state index in [1.807, 2.05) is 0 Å². The lowest BCUT2D eigenvalue weighted by molar-refractivity contribution is -0.116. The number of phenolic OH excluding ortho intramolecular Hbond substituents is 1. The van der Waals surface area contributed by atoms with Gasteiger partial charge in [-0.05, 0) is 42.0 Å². The molecule has 1 fully saturated rings. The summed E-state index contributed by atoms with van der Waals surface area (Å²) in [6.45, 7) is 1.45. The number of thioether (sulfide) groups is 1. The largest absolute Gasteiger partial charge is 0.504 e. The fourth-order valence-electron chi connectivity index (χ4n) is 2.71. The van der Waals surface area contributed by atoms with Gasteiger partial charge in [-0.2, -0.15) is 0 Å². The molecule has 7 heteroatoms. The van der Waals surface area contributed by atoms with E-state index in [-0.39, 0.29) is 22.9 Å². The number of benzene rings is 2. The summed E-state index contributed by atoms with van der Waals surface area (Å²) in [6, 6.07) is 12.2. The maximum absolute atomic E-state index is 12.4. The van der Waals surface area contributed by atoms with Crippen molar-refractivity contribution >= 4 is 35.0 Å². The van der Waals surface area contributed by atoms with Crippen LogP contribution in [0.2, 0.25) is 0 Å². The van der Waals surface area contributed by atoms with E-state index in [0.717, 1.165) is 11.3 Å². The monoisotopic (exact) mass is 358 g/mol. The minimum Gasteiger partial charge on any atom is -0.504 e. The Labute approximate surface area is 149 Å². The van der Waals surface area contributed by atoms with Crippen LogP contribution in [0.5, 0.6) is 11.5 Å². The highest BCUT2D eigenvalue weighted by Crippen LogP contribution is 2.43. The van der Waals surface area contributed by atoms with E-state index >= 15 is 0 Å². The van der Waals surface area contributed by atoms with E-state index in [4.69, 9.17) is 4.74 Å². The van der Waals surface area contributed by atoms with E-state index in [0.29, 0.717) is 17.2 Å². The van der Waals surface area contributed by atoms with Crippen molar-refractivity contribution in [3.63, 3.8) is 0 Å². The third-order valence-electron chi connectivity index (χ3n) is 3.82. The van der Waals surface area contributed by atoms with Crippen LogP contribution >= 0.6 is 11.8 Å². The predicted molar refractivity (Wildman–Crippen MR) is 98.1 cm³/mol. The molecule has 1 atom stereocenters. The van der Waals surface area contributed by atoms with Crippen LogP contribution in [0, 0.1) is 0 Å². The fraction of sp³-hybridized carbons (Fsp3) is 0.222. The van der Waals surface area contributed by atoms with Gasteiger partial charge in [0.1, 0.15) is 5.37 Å². The van der Waals surface area contributed by atoms with Crippen molar-refractivity contribution in [2.24, 2.45) is 0 Å². The van der Waals surface area contributed by atoms with Crippen LogP contribution in [0.3, 0.4) is 0 Å². The number of nitrogens with one attached hydrogen (secondary N) is 1. The molecule has 1 saturated heterocycles. The Hall–Kier alpha value is -2.67. The first-order valence-electron chi connectivity index (χ1n) is 7.68. The average molecular weight is 358 g/mol. The average Bonchev–Trinajstić information content (AvgIpc) is 2.97. The number of carbonyl (C=O) groups excluding carboxylic acids is 2. The molecular formula is C18H18N2O4S. The van der Waals surface area contributed by atoms with Gasteiger partial charge in [0.15, 0.2) is 11.5 Å². The molecule has 130 valence electrons. The highest BCUT2D eigenvalue weighted by atomic mass is 32.2. The molecule has 2 amide bonds. The van der Waals surface area contributed by atoms with Crippen molar-refractivity contribution < 1.29 is 19.4 Å². The molecule has 1 unspecified atom stereocenters. The highest BCUT2D eigenvalue weighted by Gasteiger charge is 2.34. The van der Waals surface area contributed by atoms with Gasteiger partial charge in [0.05, 0.1) is 12.9 Å². The van der Waals surface area contributed by atoms with Crippen LogP contribution in [0.15, 0.2) is 42.5 Å². The predicted octanol–water partition coefficient (Wildman–Crippen LogP) is 3.14. The molecule has 1 heterocycles. The molecule has 2 N–H and O–H groups in total. The topological polar surface area (TPSA) is 78.9 Å². The third-order valence-corrected chi connectivity index (χ3v) is 5.03. The molecule has 3 rings (SSSR count). The summed E-state index contributed by atoms with van der Waals surface area (Å²) in [5.74, 6) is 0.676. The number of methoxy groups -OCH3 is 1. The Morgan fingerprint density at radius 1 is 1.28 bits per heavy atom. The molecule has 2 aromatic rings. The lowest BCUT2D eigenvalue weighted by Gasteiger charge is -2.25. The number of carbonyl (C=O) groups is 2. The molecule has 0 aliphatic carbocycles. The van der Waals surface area contributed by atoms with Crippen LogP contribution < -0.4 is 15.0 Å². The van der Waals surface area contributed by atoms with Crippen molar-refractivity contribution in [2.45, 2.75) is 12.3 Å². The Balaban J connectivity index is 1.90. The number of aromatic hydroxyl groups is 1. The molecule has 1 aliphatic rings. The van der Waals surface area contributed by atoms with Crippen LogP contribution in [0.4, 0.5) is 11.4 Å². The molecule has 25 heavy (non-hydrogen) atoms. The molecular weight excluding hydrogens is 340 g/mol. The van der Waals surface area contributed by atoms with Crippen molar-refractivity contribution in [1.29, 1.82) is 0 Å². The standard InChI is InChI=1S/C18H18N2O4S/c1-11(21)19-13-4-6-14(7-5-13)20-17(23)10-25-18(20)12-3-8-15(22)16(9-12)24-2/h3-9,18,22H,10H2,1-2H3,(H,19,21). The molecule has 0 bridgehead atoms. The molecule has 0 spiro atoms. The minimum absolute atomic E-state index is 0.00863. The molecule has 1 aliphatic heterocycles. The number of hydrogen-bond donors (Lipinski definition) is 2. The summed E-state index contributed by atoms with van der Waals surface area (Å²) in [7, 11) is 1.49. The van der Waals surface area contributed by atoms with E-state index in [1.165, 1.54) is 25.8 Å². The van der Waals surface area contributed by atoms with Gasteiger partial charge in [0.25, 0.3) is 0 Å². The van der Waals surface area contributed by atoms with Crippen LogP contribution in [0.1, 0.15) is 17.9 Å². The van der Waals surface area contributed by atoms with Gasteiger partial charge in [0, 0.05) is 18.3 Å². The Morgan fingerprint density at radius 3 is 2.64 bits per heavy atom. The molecule has 6 nitrogen and oxygen atoms in total. The normalized spacial score (nSPS) is 16.8. The van der Waals surface area contributed by atoms with Gasteiger partial charge in [-0.1, -0.05) is 6.07 Å². The van der Waals surface area contributed by atoms with Gasteiger partial charge in [0.2, 0.25) is 11.8 Å². The summed E-state index contributed by atoms with van der Waals surface area (Å²) in [5.41, 5.74) is 2.30. The highest BCUT2D eigenvalue weighted by molar-refractivity contribution is 8.00. The van der Waals surface area contributed by atoms with Crippen LogP contribution in [0.25, 0.3) is 0 Å². The number of phenols is 1. The lowest BCUT2D eigenvalue weighted by atomic mass is 10.1. The summed E-state index contributed by atoms with van der Waals surface area (Å²) in [5, 5.41) is 12.3. The second kappa shape index (κ2) is 7.06. The number of hydrogen-bond acceptors (Lipinski definition) is 5. The molecule has 0 aromatic heterocycles. The van der Waals surface area contributed by atoms with Gasteiger partial charge in [-0.3, -0.25) is 14.5 Å². The number of amides is 2. The number of anilines is 2. The summed E-state index contributed by atoms with van der Waals surface area (Å²) < 4.78 is 5.16. The molecule has 0 saturated carbocycles. The first-order valence-corrected chi connectivity index (χ1v) is 8.72. The van der Waals surface area contributed by atoms with Gasteiger partial charge in [-0.15, -0.1) is 11.8 Å². The second-order valence-corrected chi connectivity index (χ2v) is 6.65. The number of nitrogens with zero attached hydrogens (tertiary/aromatic N) is 1. The summed E-state index contributed by atoms with van der Waals surface area (Å²) >= 11 is 1.52.